The Hall–Kier alpha value is -0.130. The van der Waals surface area contributed by atoms with Crippen LogP contribution in [0.25, 0.3) is 0 Å². The molecule has 0 rings (SSSR count). The highest BCUT2D eigenvalue weighted by molar-refractivity contribution is 9.09. The molecule has 72 valence electrons. The maximum absolute atomic E-state index is 10.7. The van der Waals surface area contributed by atoms with E-state index in [9.17, 15) is 4.79 Å². The Morgan fingerprint density at radius 3 is 2.92 bits per heavy atom. The zero-order valence-corrected chi connectivity index (χ0v) is 8.63. The molecule has 12 heavy (non-hydrogen) atoms. The predicted octanol–water partition coefficient (Wildman–Crippen LogP) is -0.105. The second kappa shape index (κ2) is 7.52. The number of ether oxygens (including phenoxy) is 1. The van der Waals surface area contributed by atoms with Gasteiger partial charge in [0.05, 0.1) is 18.0 Å². The molecule has 0 saturated carbocycles. The zero-order chi connectivity index (χ0) is 9.40. The van der Waals surface area contributed by atoms with E-state index < -0.39 is 6.10 Å². The molecule has 0 spiro atoms. The van der Waals surface area contributed by atoms with Crippen LogP contribution in [0, 0.1) is 0 Å². The lowest BCUT2D eigenvalue weighted by Gasteiger charge is -2.08. The Morgan fingerprint density at radius 2 is 2.42 bits per heavy atom. The van der Waals surface area contributed by atoms with Crippen molar-refractivity contribution in [2.24, 2.45) is 0 Å². The molecule has 2 N–H and O–H groups in total. The van der Waals surface area contributed by atoms with Gasteiger partial charge in [-0.2, -0.15) is 0 Å². The number of methoxy groups -OCH3 is 1. The van der Waals surface area contributed by atoms with Crippen molar-refractivity contribution in [3.8, 4) is 0 Å². The van der Waals surface area contributed by atoms with Crippen LogP contribution < -0.4 is 5.32 Å². The third-order valence-electron chi connectivity index (χ3n) is 1.28. The maximum atomic E-state index is 10.7. The van der Waals surface area contributed by atoms with Crippen molar-refractivity contribution in [2.75, 3.05) is 25.6 Å². The minimum absolute atomic E-state index is 0.0698. The van der Waals surface area contributed by atoms with Gasteiger partial charge in [0.1, 0.15) is 0 Å². The molecule has 0 aliphatic carbocycles. The molecule has 0 heterocycles. The van der Waals surface area contributed by atoms with E-state index in [-0.39, 0.29) is 5.91 Å². The Labute approximate surface area is 80.4 Å². The first kappa shape index (κ1) is 11.9. The van der Waals surface area contributed by atoms with E-state index in [0.717, 1.165) is 0 Å². The summed E-state index contributed by atoms with van der Waals surface area (Å²) in [6, 6.07) is 0. The smallest absolute Gasteiger partial charge is 0.230 e. The normalized spacial score (nSPS) is 12.6. The number of hydrogen-bond acceptors (Lipinski definition) is 3. The van der Waals surface area contributed by atoms with Gasteiger partial charge in [-0.05, 0) is 6.42 Å². The van der Waals surface area contributed by atoms with Gasteiger partial charge in [-0.3, -0.25) is 4.79 Å². The number of aliphatic hydroxyl groups is 1. The summed E-state index contributed by atoms with van der Waals surface area (Å²) < 4.78 is 4.72. The number of carbonyl (C=O) groups excluding carboxylic acids is 1. The summed E-state index contributed by atoms with van der Waals surface area (Å²) in [6.07, 6.45) is 0.0256. The molecule has 1 unspecified atom stereocenters. The third kappa shape index (κ3) is 6.57. The van der Waals surface area contributed by atoms with Crippen molar-refractivity contribution in [3.05, 3.63) is 0 Å². The van der Waals surface area contributed by atoms with Gasteiger partial charge >= 0.3 is 0 Å². The molecule has 1 amide bonds. The first-order valence-electron chi connectivity index (χ1n) is 3.70. The number of hydrogen-bond donors (Lipinski definition) is 2. The summed E-state index contributed by atoms with van der Waals surface area (Å²) in [5, 5.41) is 12.1. The lowest BCUT2D eigenvalue weighted by atomic mass is 10.3. The van der Waals surface area contributed by atoms with Gasteiger partial charge in [-0.1, -0.05) is 15.9 Å². The van der Waals surface area contributed by atoms with Crippen molar-refractivity contribution in [2.45, 2.75) is 12.5 Å². The second-order valence-electron chi connectivity index (χ2n) is 2.38. The van der Waals surface area contributed by atoms with Crippen LogP contribution in [0.15, 0.2) is 0 Å². The molecule has 0 aromatic carbocycles. The zero-order valence-electron chi connectivity index (χ0n) is 7.05. The van der Waals surface area contributed by atoms with Gasteiger partial charge in [0, 0.05) is 13.7 Å². The maximum Gasteiger partial charge on any atom is 0.230 e. The topological polar surface area (TPSA) is 58.6 Å². The van der Waals surface area contributed by atoms with Crippen LogP contribution in [0.4, 0.5) is 0 Å². The van der Waals surface area contributed by atoms with Gasteiger partial charge in [-0.25, -0.2) is 0 Å². The molecule has 0 aliphatic rings. The summed E-state index contributed by atoms with van der Waals surface area (Å²) in [5.41, 5.74) is 0. The van der Waals surface area contributed by atoms with E-state index in [1.54, 1.807) is 0 Å². The number of halogens is 1. The summed E-state index contributed by atoms with van der Waals surface area (Å²) in [5.74, 6) is -0.0698. The number of carbonyl (C=O) groups is 1. The van der Waals surface area contributed by atoms with Crippen molar-refractivity contribution < 1.29 is 14.6 Å². The fourth-order valence-corrected chi connectivity index (χ4v) is 0.899. The summed E-state index contributed by atoms with van der Waals surface area (Å²) in [6.45, 7) is 0.791. The average molecular weight is 240 g/mol. The van der Waals surface area contributed by atoms with E-state index >= 15 is 0 Å². The van der Waals surface area contributed by atoms with Crippen molar-refractivity contribution in [1.82, 2.24) is 5.32 Å². The van der Waals surface area contributed by atoms with Crippen LogP contribution in [0.3, 0.4) is 0 Å². The third-order valence-corrected chi connectivity index (χ3v) is 1.79. The summed E-state index contributed by atoms with van der Waals surface area (Å²) >= 11 is 3.01. The standard InChI is InChI=1S/C7H14BrNO3/c1-12-5-6(10)2-3-9-7(11)4-8/h6,10H,2-5H2,1H3,(H,9,11). The monoisotopic (exact) mass is 239 g/mol. The van der Waals surface area contributed by atoms with Gasteiger partial charge in [0.2, 0.25) is 5.91 Å². The first-order chi connectivity index (χ1) is 5.70. The molecule has 0 aromatic rings. The van der Waals surface area contributed by atoms with Crippen LogP contribution in [0.2, 0.25) is 0 Å². The minimum Gasteiger partial charge on any atom is -0.391 e. The van der Waals surface area contributed by atoms with E-state index in [1.165, 1.54) is 7.11 Å². The Bertz CT molecular complexity index is 132. The number of alkyl halides is 1. The molecule has 0 radical (unpaired) electrons. The number of amides is 1. The first-order valence-corrected chi connectivity index (χ1v) is 4.82. The van der Waals surface area contributed by atoms with Gasteiger partial charge in [0.15, 0.2) is 0 Å². The fourth-order valence-electron chi connectivity index (χ4n) is 0.701. The molecule has 1 atom stereocenters. The molecule has 0 saturated heterocycles. The van der Waals surface area contributed by atoms with Crippen LogP contribution in [0.1, 0.15) is 6.42 Å². The largest absolute Gasteiger partial charge is 0.391 e. The predicted molar refractivity (Wildman–Crippen MR) is 49.3 cm³/mol. The Kier molecular flexibility index (Phi) is 7.43. The number of aliphatic hydroxyl groups excluding tert-OH is 1. The number of nitrogens with one attached hydrogen (secondary N) is 1. The molecule has 5 heteroatoms. The lowest BCUT2D eigenvalue weighted by Crippen LogP contribution is -2.29. The second-order valence-corrected chi connectivity index (χ2v) is 2.94. The Balaban J connectivity index is 3.24. The van der Waals surface area contributed by atoms with Crippen molar-refractivity contribution in [3.63, 3.8) is 0 Å². The highest BCUT2D eigenvalue weighted by Crippen LogP contribution is 1.90. The highest BCUT2D eigenvalue weighted by atomic mass is 79.9. The minimum atomic E-state index is -0.495. The molecule has 0 aliphatic heterocycles. The molecule has 0 fully saturated rings. The lowest BCUT2D eigenvalue weighted by molar-refractivity contribution is -0.118. The summed E-state index contributed by atoms with van der Waals surface area (Å²) in [7, 11) is 1.53. The van der Waals surface area contributed by atoms with Gasteiger partial charge < -0.3 is 15.2 Å². The van der Waals surface area contributed by atoms with Crippen molar-refractivity contribution >= 4 is 21.8 Å². The van der Waals surface area contributed by atoms with E-state index in [1.807, 2.05) is 0 Å². The van der Waals surface area contributed by atoms with Crippen molar-refractivity contribution in [1.29, 1.82) is 0 Å². The summed E-state index contributed by atoms with van der Waals surface area (Å²) in [4.78, 5) is 10.7. The molecule has 4 nitrogen and oxygen atoms in total. The SMILES string of the molecule is COCC(O)CCNC(=O)CBr. The molecular weight excluding hydrogens is 226 g/mol. The molecule has 0 aromatic heterocycles. The van der Waals surface area contributed by atoms with Crippen LogP contribution in [0.5, 0.6) is 0 Å². The van der Waals surface area contributed by atoms with E-state index in [2.05, 4.69) is 21.2 Å². The van der Waals surface area contributed by atoms with Gasteiger partial charge in [-0.15, -0.1) is 0 Å². The van der Waals surface area contributed by atoms with E-state index in [0.29, 0.717) is 24.9 Å². The van der Waals surface area contributed by atoms with Crippen LogP contribution >= 0.6 is 15.9 Å². The van der Waals surface area contributed by atoms with Crippen LogP contribution in [-0.4, -0.2) is 42.7 Å². The Morgan fingerprint density at radius 1 is 1.75 bits per heavy atom. The fraction of sp³-hybridized carbons (Fsp3) is 0.857. The highest BCUT2D eigenvalue weighted by Gasteiger charge is 2.03. The number of rotatable bonds is 6. The quantitative estimate of drug-likeness (QED) is 0.637. The molecular formula is C7H14BrNO3. The average Bonchev–Trinajstić information content (AvgIpc) is 2.04. The molecule has 0 bridgehead atoms. The van der Waals surface area contributed by atoms with Crippen LogP contribution in [-0.2, 0) is 9.53 Å². The van der Waals surface area contributed by atoms with Gasteiger partial charge in [0.25, 0.3) is 0 Å². The van der Waals surface area contributed by atoms with E-state index in [4.69, 9.17) is 9.84 Å².